The van der Waals surface area contributed by atoms with Gasteiger partial charge in [0.05, 0.1) is 11.7 Å². The van der Waals surface area contributed by atoms with Gasteiger partial charge in [0.2, 0.25) is 0 Å². The summed E-state index contributed by atoms with van der Waals surface area (Å²) in [6.07, 6.45) is 5.98. The fourth-order valence-corrected chi connectivity index (χ4v) is 2.40. The number of hydrogen-bond acceptors (Lipinski definition) is 4. The van der Waals surface area contributed by atoms with Gasteiger partial charge in [0, 0.05) is 30.3 Å². The summed E-state index contributed by atoms with van der Waals surface area (Å²) in [5.41, 5.74) is 8.40. The van der Waals surface area contributed by atoms with Crippen LogP contribution < -0.4 is 5.73 Å². The van der Waals surface area contributed by atoms with E-state index < -0.39 is 0 Å². The summed E-state index contributed by atoms with van der Waals surface area (Å²) >= 11 is 0. The molecule has 0 radical (unpaired) electrons. The summed E-state index contributed by atoms with van der Waals surface area (Å²) in [6.45, 7) is 4.16. The van der Waals surface area contributed by atoms with Crippen molar-refractivity contribution in [2.75, 3.05) is 0 Å². The summed E-state index contributed by atoms with van der Waals surface area (Å²) in [6, 6.07) is 6.10. The highest BCUT2D eigenvalue weighted by atomic mass is 15.3. The molecule has 0 aromatic carbocycles. The molecule has 104 valence electrons. The molecule has 0 aliphatic heterocycles. The standard InChI is InChI=1S/C14H18N6/c1-10(2)20-14(16-9-18-20)7-12(15)11-8-17-19-6-4-3-5-13(11)19/h3-6,8-10,12H,7,15H2,1-2H3. The topological polar surface area (TPSA) is 74.0 Å². The Morgan fingerprint density at radius 1 is 1.25 bits per heavy atom. The average Bonchev–Trinajstić information content (AvgIpc) is 3.04. The van der Waals surface area contributed by atoms with E-state index in [4.69, 9.17) is 5.73 Å². The van der Waals surface area contributed by atoms with Crippen LogP contribution in [0.1, 0.15) is 37.3 Å². The lowest BCUT2D eigenvalue weighted by Gasteiger charge is -2.13. The Labute approximate surface area is 117 Å². The molecule has 0 aliphatic rings. The van der Waals surface area contributed by atoms with Crippen molar-refractivity contribution < 1.29 is 0 Å². The van der Waals surface area contributed by atoms with Crippen molar-refractivity contribution in [1.29, 1.82) is 0 Å². The molecule has 3 heterocycles. The first-order valence-electron chi connectivity index (χ1n) is 6.73. The van der Waals surface area contributed by atoms with Gasteiger partial charge in [0.1, 0.15) is 12.2 Å². The summed E-state index contributed by atoms with van der Waals surface area (Å²) < 4.78 is 3.74. The predicted octanol–water partition coefficient (Wildman–Crippen LogP) is 1.75. The van der Waals surface area contributed by atoms with E-state index in [0.29, 0.717) is 6.42 Å². The van der Waals surface area contributed by atoms with Crippen molar-refractivity contribution in [3.63, 3.8) is 0 Å². The van der Waals surface area contributed by atoms with Gasteiger partial charge in [-0.25, -0.2) is 14.2 Å². The van der Waals surface area contributed by atoms with Crippen LogP contribution in [-0.4, -0.2) is 24.4 Å². The van der Waals surface area contributed by atoms with Crippen LogP contribution in [0.15, 0.2) is 36.9 Å². The molecule has 3 aromatic heterocycles. The number of fused-ring (bicyclic) bond motifs is 1. The normalized spacial score (nSPS) is 13.2. The maximum atomic E-state index is 6.33. The number of aromatic nitrogens is 5. The van der Waals surface area contributed by atoms with E-state index in [0.717, 1.165) is 16.9 Å². The van der Waals surface area contributed by atoms with Crippen LogP contribution in [0, 0.1) is 0 Å². The largest absolute Gasteiger partial charge is 0.323 e. The number of rotatable bonds is 4. The molecule has 0 saturated carbocycles. The van der Waals surface area contributed by atoms with E-state index in [1.807, 2.05) is 39.8 Å². The minimum atomic E-state index is -0.142. The molecule has 3 aromatic rings. The van der Waals surface area contributed by atoms with Crippen molar-refractivity contribution in [2.24, 2.45) is 5.73 Å². The Bertz CT molecular complexity index is 711. The van der Waals surface area contributed by atoms with Crippen LogP contribution in [0.3, 0.4) is 0 Å². The van der Waals surface area contributed by atoms with E-state index in [1.54, 1.807) is 6.33 Å². The van der Waals surface area contributed by atoms with Gasteiger partial charge < -0.3 is 5.73 Å². The second kappa shape index (κ2) is 5.05. The van der Waals surface area contributed by atoms with Crippen LogP contribution in [0.25, 0.3) is 5.52 Å². The van der Waals surface area contributed by atoms with Crippen molar-refractivity contribution in [2.45, 2.75) is 32.4 Å². The first-order valence-corrected chi connectivity index (χ1v) is 6.73. The number of nitrogens with two attached hydrogens (primary N) is 1. The molecule has 20 heavy (non-hydrogen) atoms. The smallest absolute Gasteiger partial charge is 0.138 e. The summed E-state index contributed by atoms with van der Waals surface area (Å²) in [4.78, 5) is 4.31. The molecule has 0 spiro atoms. The van der Waals surface area contributed by atoms with Crippen LogP contribution in [-0.2, 0) is 6.42 Å². The second-order valence-electron chi connectivity index (χ2n) is 5.16. The molecule has 3 rings (SSSR count). The third kappa shape index (κ3) is 2.18. The highest BCUT2D eigenvalue weighted by Crippen LogP contribution is 2.20. The lowest BCUT2D eigenvalue weighted by atomic mass is 10.1. The average molecular weight is 270 g/mol. The predicted molar refractivity (Wildman–Crippen MR) is 76.2 cm³/mol. The SMILES string of the molecule is CC(C)n1ncnc1CC(N)c1cnn2ccccc12. The van der Waals surface area contributed by atoms with Gasteiger partial charge in [-0.2, -0.15) is 10.2 Å². The van der Waals surface area contributed by atoms with Crippen LogP contribution in [0.2, 0.25) is 0 Å². The van der Waals surface area contributed by atoms with Gasteiger partial charge in [0.25, 0.3) is 0 Å². The van der Waals surface area contributed by atoms with Crippen molar-refractivity contribution in [1.82, 2.24) is 24.4 Å². The number of nitrogens with zero attached hydrogens (tertiary/aromatic N) is 5. The molecule has 2 N–H and O–H groups in total. The molecule has 1 atom stereocenters. The molecule has 0 fully saturated rings. The zero-order chi connectivity index (χ0) is 14.1. The van der Waals surface area contributed by atoms with E-state index >= 15 is 0 Å². The molecular formula is C14H18N6. The minimum Gasteiger partial charge on any atom is -0.323 e. The van der Waals surface area contributed by atoms with Gasteiger partial charge in [-0.3, -0.25) is 0 Å². The quantitative estimate of drug-likeness (QED) is 0.783. The number of pyridine rings is 1. The molecular weight excluding hydrogens is 252 g/mol. The fraction of sp³-hybridized carbons (Fsp3) is 0.357. The summed E-state index contributed by atoms with van der Waals surface area (Å²) in [5, 5.41) is 8.56. The summed E-state index contributed by atoms with van der Waals surface area (Å²) in [7, 11) is 0. The van der Waals surface area contributed by atoms with Crippen LogP contribution >= 0.6 is 0 Å². The van der Waals surface area contributed by atoms with Crippen molar-refractivity contribution >= 4 is 5.52 Å². The first kappa shape index (κ1) is 12.8. The maximum absolute atomic E-state index is 6.33. The highest BCUT2D eigenvalue weighted by Gasteiger charge is 2.16. The lowest BCUT2D eigenvalue weighted by Crippen LogP contribution is -2.17. The number of hydrogen-bond donors (Lipinski definition) is 1. The molecule has 0 bridgehead atoms. The van der Waals surface area contributed by atoms with Crippen molar-refractivity contribution in [3.05, 3.63) is 48.3 Å². The Hall–Kier alpha value is -2.21. The molecule has 1 unspecified atom stereocenters. The fourth-order valence-electron chi connectivity index (χ4n) is 2.40. The Balaban J connectivity index is 1.89. The van der Waals surface area contributed by atoms with Gasteiger partial charge in [-0.05, 0) is 26.0 Å². The monoisotopic (exact) mass is 270 g/mol. The molecule has 0 amide bonds. The van der Waals surface area contributed by atoms with Gasteiger partial charge in [-0.15, -0.1) is 0 Å². The minimum absolute atomic E-state index is 0.142. The molecule has 0 aliphatic carbocycles. The second-order valence-corrected chi connectivity index (χ2v) is 5.16. The molecule has 6 nitrogen and oxygen atoms in total. The Morgan fingerprint density at radius 3 is 2.90 bits per heavy atom. The molecule has 6 heteroatoms. The Kier molecular flexibility index (Phi) is 3.23. The summed E-state index contributed by atoms with van der Waals surface area (Å²) in [5.74, 6) is 0.905. The van der Waals surface area contributed by atoms with Gasteiger partial charge in [-0.1, -0.05) is 6.07 Å². The first-order chi connectivity index (χ1) is 9.66. The van der Waals surface area contributed by atoms with E-state index in [9.17, 15) is 0 Å². The van der Waals surface area contributed by atoms with Crippen LogP contribution in [0.4, 0.5) is 0 Å². The van der Waals surface area contributed by atoms with E-state index in [2.05, 4.69) is 29.0 Å². The zero-order valence-electron chi connectivity index (χ0n) is 11.6. The lowest BCUT2D eigenvalue weighted by molar-refractivity contribution is 0.493. The van der Waals surface area contributed by atoms with E-state index in [1.165, 1.54) is 0 Å². The third-order valence-corrected chi connectivity index (χ3v) is 3.39. The van der Waals surface area contributed by atoms with Gasteiger partial charge in [0.15, 0.2) is 0 Å². The van der Waals surface area contributed by atoms with E-state index in [-0.39, 0.29) is 12.1 Å². The third-order valence-electron chi connectivity index (χ3n) is 3.39. The highest BCUT2D eigenvalue weighted by molar-refractivity contribution is 5.54. The maximum Gasteiger partial charge on any atom is 0.138 e. The zero-order valence-corrected chi connectivity index (χ0v) is 11.6. The van der Waals surface area contributed by atoms with Gasteiger partial charge >= 0.3 is 0 Å². The Morgan fingerprint density at radius 2 is 2.10 bits per heavy atom. The van der Waals surface area contributed by atoms with Crippen LogP contribution in [0.5, 0.6) is 0 Å². The van der Waals surface area contributed by atoms with Crippen molar-refractivity contribution in [3.8, 4) is 0 Å². The molecule has 0 saturated heterocycles.